The van der Waals surface area contributed by atoms with E-state index in [0.717, 1.165) is 35.4 Å². The SMILES string of the molecule is COc1ccc2c3c([nH]c2c1)[C@@H](CO)N(C(=O)c1ccccc1)CC31CN(C)C1. The van der Waals surface area contributed by atoms with Gasteiger partial charge in [0.25, 0.3) is 5.91 Å². The lowest BCUT2D eigenvalue weighted by atomic mass is 9.69. The zero-order valence-corrected chi connectivity index (χ0v) is 16.7. The van der Waals surface area contributed by atoms with Crippen molar-refractivity contribution in [3.63, 3.8) is 0 Å². The van der Waals surface area contributed by atoms with Crippen LogP contribution in [0.5, 0.6) is 5.75 Å². The van der Waals surface area contributed by atoms with Gasteiger partial charge in [-0.15, -0.1) is 0 Å². The average Bonchev–Trinajstić information content (AvgIpc) is 3.11. The van der Waals surface area contributed by atoms with Crippen LogP contribution in [0.4, 0.5) is 0 Å². The Labute approximate surface area is 169 Å². The standard InChI is InChI=1S/C23H25N3O3/c1-25-12-23(13-25)14-26(22(28)15-6-4-3-5-7-15)19(11-27)21-20(23)17-9-8-16(29-2)10-18(17)24-21/h3-10,19,24,27H,11-14H2,1-2H3/t19-/m1/s1. The number of ether oxygens (including phenoxy) is 1. The van der Waals surface area contributed by atoms with Crippen molar-refractivity contribution in [2.75, 3.05) is 40.4 Å². The summed E-state index contributed by atoms with van der Waals surface area (Å²) in [6.45, 7) is 2.25. The van der Waals surface area contributed by atoms with Crippen LogP contribution in [0.2, 0.25) is 0 Å². The number of aromatic nitrogens is 1. The third-order valence-corrected chi connectivity index (χ3v) is 6.35. The average molecular weight is 391 g/mol. The number of aliphatic hydroxyl groups is 1. The maximum Gasteiger partial charge on any atom is 0.254 e. The molecule has 0 radical (unpaired) electrons. The van der Waals surface area contributed by atoms with Gasteiger partial charge in [0, 0.05) is 53.3 Å². The molecule has 1 atom stereocenters. The van der Waals surface area contributed by atoms with Crippen molar-refractivity contribution in [1.29, 1.82) is 0 Å². The van der Waals surface area contributed by atoms with E-state index < -0.39 is 6.04 Å². The number of hydrogen-bond acceptors (Lipinski definition) is 4. The maximum atomic E-state index is 13.4. The second-order valence-corrected chi connectivity index (χ2v) is 8.28. The molecular formula is C23H25N3O3. The fraction of sp³-hybridized carbons (Fsp3) is 0.348. The van der Waals surface area contributed by atoms with Gasteiger partial charge in [-0.05, 0) is 36.9 Å². The van der Waals surface area contributed by atoms with E-state index in [1.807, 2.05) is 47.4 Å². The highest BCUT2D eigenvalue weighted by atomic mass is 16.5. The Morgan fingerprint density at radius 3 is 2.62 bits per heavy atom. The number of carbonyl (C=O) groups excluding carboxylic acids is 1. The topological polar surface area (TPSA) is 68.8 Å². The van der Waals surface area contributed by atoms with Crippen LogP contribution < -0.4 is 4.74 Å². The van der Waals surface area contributed by atoms with Gasteiger partial charge in [-0.3, -0.25) is 4.79 Å². The Balaban J connectivity index is 1.67. The summed E-state index contributed by atoms with van der Waals surface area (Å²) in [7, 11) is 3.76. The van der Waals surface area contributed by atoms with E-state index in [0.29, 0.717) is 12.1 Å². The van der Waals surface area contributed by atoms with Crippen molar-refractivity contribution in [3.8, 4) is 5.75 Å². The minimum Gasteiger partial charge on any atom is -0.497 e. The van der Waals surface area contributed by atoms with Crippen LogP contribution in [-0.2, 0) is 5.41 Å². The molecule has 2 aliphatic heterocycles. The number of likely N-dealkylation sites (N-methyl/N-ethyl adjacent to an activating group) is 1. The van der Waals surface area contributed by atoms with Crippen molar-refractivity contribution in [1.82, 2.24) is 14.8 Å². The molecule has 2 aliphatic rings. The van der Waals surface area contributed by atoms with Gasteiger partial charge in [0.1, 0.15) is 5.75 Å². The molecule has 5 rings (SSSR count). The number of amides is 1. The number of likely N-dealkylation sites (tertiary alicyclic amines) is 1. The summed E-state index contributed by atoms with van der Waals surface area (Å²) in [6, 6.07) is 15.0. The van der Waals surface area contributed by atoms with E-state index in [1.54, 1.807) is 7.11 Å². The molecule has 2 aromatic carbocycles. The first-order chi connectivity index (χ1) is 14.1. The monoisotopic (exact) mass is 391 g/mol. The van der Waals surface area contributed by atoms with Gasteiger partial charge in [-0.1, -0.05) is 18.2 Å². The highest BCUT2D eigenvalue weighted by Gasteiger charge is 2.52. The summed E-state index contributed by atoms with van der Waals surface area (Å²) < 4.78 is 5.39. The molecular weight excluding hydrogens is 366 g/mol. The molecule has 1 spiro atoms. The molecule has 1 fully saturated rings. The number of carbonyl (C=O) groups is 1. The minimum absolute atomic E-state index is 0.0412. The zero-order valence-electron chi connectivity index (χ0n) is 16.7. The largest absolute Gasteiger partial charge is 0.497 e. The Kier molecular flexibility index (Phi) is 4.15. The molecule has 3 aromatic rings. The van der Waals surface area contributed by atoms with Crippen LogP contribution in [-0.4, -0.2) is 66.2 Å². The zero-order chi connectivity index (χ0) is 20.2. The van der Waals surface area contributed by atoms with Gasteiger partial charge in [0.2, 0.25) is 0 Å². The number of methoxy groups -OCH3 is 1. The molecule has 1 amide bonds. The van der Waals surface area contributed by atoms with E-state index >= 15 is 0 Å². The van der Waals surface area contributed by atoms with E-state index in [1.165, 1.54) is 5.56 Å². The van der Waals surface area contributed by atoms with Crippen LogP contribution in [0, 0.1) is 0 Å². The first kappa shape index (κ1) is 18.2. The molecule has 2 N–H and O–H groups in total. The second-order valence-electron chi connectivity index (χ2n) is 8.28. The number of hydrogen-bond donors (Lipinski definition) is 2. The highest BCUT2D eigenvalue weighted by Crippen LogP contribution is 2.48. The minimum atomic E-state index is -0.396. The number of aliphatic hydroxyl groups excluding tert-OH is 1. The van der Waals surface area contributed by atoms with Gasteiger partial charge in [0.15, 0.2) is 0 Å². The van der Waals surface area contributed by atoms with Crippen LogP contribution >= 0.6 is 0 Å². The van der Waals surface area contributed by atoms with Gasteiger partial charge in [0.05, 0.1) is 19.8 Å². The number of nitrogens with one attached hydrogen (secondary N) is 1. The molecule has 1 saturated heterocycles. The third-order valence-electron chi connectivity index (χ3n) is 6.35. The summed E-state index contributed by atoms with van der Waals surface area (Å²) in [5, 5.41) is 11.4. The summed E-state index contributed by atoms with van der Waals surface area (Å²) in [5.74, 6) is 0.745. The van der Waals surface area contributed by atoms with Crippen molar-refractivity contribution < 1.29 is 14.6 Å². The molecule has 3 heterocycles. The molecule has 29 heavy (non-hydrogen) atoms. The van der Waals surface area contributed by atoms with E-state index in [9.17, 15) is 9.90 Å². The molecule has 0 aliphatic carbocycles. The predicted molar refractivity (Wildman–Crippen MR) is 111 cm³/mol. The van der Waals surface area contributed by atoms with Crippen LogP contribution in [0.25, 0.3) is 10.9 Å². The summed E-state index contributed by atoms with van der Waals surface area (Å²) >= 11 is 0. The lowest BCUT2D eigenvalue weighted by Crippen LogP contribution is -2.65. The van der Waals surface area contributed by atoms with Crippen molar-refractivity contribution >= 4 is 16.8 Å². The van der Waals surface area contributed by atoms with Gasteiger partial charge >= 0.3 is 0 Å². The second kappa shape index (κ2) is 6.61. The van der Waals surface area contributed by atoms with Crippen molar-refractivity contribution in [3.05, 3.63) is 65.4 Å². The van der Waals surface area contributed by atoms with E-state index in [4.69, 9.17) is 4.74 Å². The quantitative estimate of drug-likeness (QED) is 0.720. The first-order valence-electron chi connectivity index (χ1n) is 9.92. The number of rotatable bonds is 3. The number of nitrogens with zero attached hydrogens (tertiary/aromatic N) is 2. The summed E-state index contributed by atoms with van der Waals surface area (Å²) in [5.41, 5.74) is 3.68. The number of fused-ring (bicyclic) bond motifs is 4. The van der Waals surface area contributed by atoms with Crippen LogP contribution in [0.3, 0.4) is 0 Å². The Morgan fingerprint density at radius 1 is 1.21 bits per heavy atom. The van der Waals surface area contributed by atoms with Gasteiger partial charge in [-0.2, -0.15) is 0 Å². The molecule has 0 bridgehead atoms. The number of aromatic amines is 1. The Morgan fingerprint density at radius 2 is 1.97 bits per heavy atom. The number of H-pyrrole nitrogens is 1. The normalized spacial score (nSPS) is 20.5. The van der Waals surface area contributed by atoms with Crippen LogP contribution in [0.1, 0.15) is 27.7 Å². The molecule has 150 valence electrons. The fourth-order valence-electron chi connectivity index (χ4n) is 5.21. The Hall–Kier alpha value is -2.83. The Bertz CT molecular complexity index is 1070. The third kappa shape index (κ3) is 2.67. The smallest absolute Gasteiger partial charge is 0.254 e. The summed E-state index contributed by atoms with van der Waals surface area (Å²) in [6.07, 6.45) is 0. The molecule has 0 saturated carbocycles. The van der Waals surface area contributed by atoms with Crippen LogP contribution in [0.15, 0.2) is 48.5 Å². The molecule has 0 unspecified atom stereocenters. The maximum absolute atomic E-state index is 13.4. The van der Waals surface area contributed by atoms with Crippen molar-refractivity contribution in [2.24, 2.45) is 0 Å². The first-order valence-corrected chi connectivity index (χ1v) is 9.92. The van der Waals surface area contributed by atoms with E-state index in [2.05, 4.69) is 23.0 Å². The molecule has 1 aromatic heterocycles. The fourth-order valence-corrected chi connectivity index (χ4v) is 5.21. The van der Waals surface area contributed by atoms with Crippen molar-refractivity contribution in [2.45, 2.75) is 11.5 Å². The summed E-state index contributed by atoms with van der Waals surface area (Å²) in [4.78, 5) is 21.0. The van der Waals surface area contributed by atoms with Gasteiger partial charge in [-0.25, -0.2) is 0 Å². The lowest BCUT2D eigenvalue weighted by Gasteiger charge is -2.55. The molecule has 6 heteroatoms. The lowest BCUT2D eigenvalue weighted by molar-refractivity contribution is 0.00963. The van der Waals surface area contributed by atoms with E-state index in [-0.39, 0.29) is 17.9 Å². The molecule has 6 nitrogen and oxygen atoms in total. The highest BCUT2D eigenvalue weighted by molar-refractivity contribution is 5.96. The predicted octanol–water partition coefficient (Wildman–Crippen LogP) is 2.55. The van der Waals surface area contributed by atoms with Gasteiger partial charge < -0.3 is 24.6 Å². The number of benzene rings is 2.